The number of anilines is 1. The highest BCUT2D eigenvalue weighted by molar-refractivity contribution is 6.05. The Bertz CT molecular complexity index is 1630. The fourth-order valence-electron chi connectivity index (χ4n) is 4.31. The smallest absolute Gasteiger partial charge is 0.255 e. The lowest BCUT2D eigenvalue weighted by atomic mass is 9.85. The van der Waals surface area contributed by atoms with Gasteiger partial charge in [0, 0.05) is 39.9 Å². The summed E-state index contributed by atoms with van der Waals surface area (Å²) in [6, 6.07) is 15.0. The van der Waals surface area contributed by atoms with Gasteiger partial charge in [-0.25, -0.2) is 0 Å². The maximum Gasteiger partial charge on any atom is 0.255 e. The molecule has 2 aromatic carbocycles. The third-order valence-corrected chi connectivity index (χ3v) is 6.97. The molecule has 2 heterocycles. The first-order valence-electron chi connectivity index (χ1n) is 14.6. The summed E-state index contributed by atoms with van der Waals surface area (Å²) in [4.78, 5) is 35.3. The van der Waals surface area contributed by atoms with Crippen molar-refractivity contribution < 1.29 is 14.1 Å². The molecule has 2 N–H and O–H groups in total. The minimum Gasteiger partial charge on any atom is -0.352 e. The van der Waals surface area contributed by atoms with Crippen LogP contribution >= 0.6 is 0 Å². The molecule has 0 aliphatic carbocycles. The van der Waals surface area contributed by atoms with E-state index < -0.39 is 0 Å². The number of carbonyl (C=O) groups excluding carboxylic acids is 2. The van der Waals surface area contributed by atoms with Crippen LogP contribution in [0.1, 0.15) is 100 Å². The first-order valence-corrected chi connectivity index (χ1v) is 14.6. The van der Waals surface area contributed by atoms with E-state index in [9.17, 15) is 9.59 Å². The van der Waals surface area contributed by atoms with E-state index in [4.69, 9.17) is 4.52 Å². The lowest BCUT2D eigenvalue weighted by Crippen LogP contribution is -2.32. The van der Waals surface area contributed by atoms with E-state index in [1.165, 1.54) is 0 Å². The molecule has 0 spiro atoms. The third-order valence-electron chi connectivity index (χ3n) is 6.97. The highest BCUT2D eigenvalue weighted by atomic mass is 16.5. The standard InChI is InChI=1S/C35H43N5O3/c1-21-28(22-11-13-23(14-12-22)30(41)37-20-33(2,3)4)18-27(19-36-21)38-31(42)25-15-24(16-26(17-25)34(5,6)7)29-39-32(43-40-29)35(8,9)10/h11-19H,20H2,1-10H3,(H,37,41)(H,38,42). The van der Waals surface area contributed by atoms with Gasteiger partial charge in [-0.2, -0.15) is 4.98 Å². The number of aromatic nitrogens is 3. The average Bonchev–Trinajstić information content (AvgIpc) is 3.43. The van der Waals surface area contributed by atoms with Crippen LogP contribution < -0.4 is 10.6 Å². The second-order valence-corrected chi connectivity index (χ2v) is 14.4. The second-order valence-electron chi connectivity index (χ2n) is 14.4. The molecule has 0 fully saturated rings. The van der Waals surface area contributed by atoms with Crippen molar-refractivity contribution >= 4 is 17.5 Å². The summed E-state index contributed by atoms with van der Waals surface area (Å²) in [5.41, 5.74) is 5.41. The monoisotopic (exact) mass is 581 g/mol. The van der Waals surface area contributed by atoms with Crippen molar-refractivity contribution in [2.45, 2.75) is 80.1 Å². The molecule has 0 saturated carbocycles. The summed E-state index contributed by atoms with van der Waals surface area (Å²) in [7, 11) is 0. The van der Waals surface area contributed by atoms with Crippen molar-refractivity contribution in [3.8, 4) is 22.5 Å². The largest absolute Gasteiger partial charge is 0.352 e. The molecule has 8 heteroatoms. The van der Waals surface area contributed by atoms with Crippen LogP contribution in [-0.4, -0.2) is 33.5 Å². The van der Waals surface area contributed by atoms with E-state index in [1.807, 2.05) is 58.0 Å². The zero-order valence-corrected chi connectivity index (χ0v) is 27.0. The third kappa shape index (κ3) is 7.95. The fourth-order valence-corrected chi connectivity index (χ4v) is 4.31. The molecule has 4 rings (SSSR count). The quantitative estimate of drug-likeness (QED) is 0.241. The zero-order chi connectivity index (χ0) is 31.7. The maximum atomic E-state index is 13.6. The second kappa shape index (κ2) is 11.7. The van der Waals surface area contributed by atoms with E-state index in [1.54, 1.807) is 24.4 Å². The number of benzene rings is 2. The number of hydrogen-bond donors (Lipinski definition) is 2. The lowest BCUT2D eigenvalue weighted by molar-refractivity contribution is 0.0938. The highest BCUT2D eigenvalue weighted by Gasteiger charge is 2.24. The Hall–Kier alpha value is -4.33. The van der Waals surface area contributed by atoms with Crippen LogP contribution in [0, 0.1) is 12.3 Å². The van der Waals surface area contributed by atoms with Crippen LogP contribution in [0.4, 0.5) is 5.69 Å². The van der Waals surface area contributed by atoms with Crippen LogP contribution in [-0.2, 0) is 10.8 Å². The van der Waals surface area contributed by atoms with Crippen LogP contribution in [0.5, 0.6) is 0 Å². The summed E-state index contributed by atoms with van der Waals surface area (Å²) < 4.78 is 5.53. The normalized spacial score (nSPS) is 12.2. The molecule has 0 unspecified atom stereocenters. The molecular formula is C35H43N5O3. The average molecular weight is 582 g/mol. The molecule has 43 heavy (non-hydrogen) atoms. The topological polar surface area (TPSA) is 110 Å². The van der Waals surface area contributed by atoms with Crippen molar-refractivity contribution in [2.24, 2.45) is 5.41 Å². The SMILES string of the molecule is Cc1ncc(NC(=O)c2cc(-c3noc(C(C)(C)C)n3)cc(C(C)(C)C)c2)cc1-c1ccc(C(=O)NCC(C)(C)C)cc1. The minimum absolute atomic E-state index is 0.00169. The van der Waals surface area contributed by atoms with Crippen molar-refractivity contribution in [3.63, 3.8) is 0 Å². The highest BCUT2D eigenvalue weighted by Crippen LogP contribution is 2.31. The number of pyridine rings is 1. The summed E-state index contributed by atoms with van der Waals surface area (Å²) >= 11 is 0. The number of amides is 2. The van der Waals surface area contributed by atoms with Crippen LogP contribution in [0.2, 0.25) is 0 Å². The summed E-state index contributed by atoms with van der Waals surface area (Å²) in [6.45, 7) is 21.1. The van der Waals surface area contributed by atoms with Crippen molar-refractivity contribution in [1.82, 2.24) is 20.4 Å². The molecule has 0 saturated heterocycles. The predicted molar refractivity (Wildman–Crippen MR) is 171 cm³/mol. The maximum absolute atomic E-state index is 13.6. The van der Waals surface area contributed by atoms with Gasteiger partial charge in [-0.3, -0.25) is 14.6 Å². The Morgan fingerprint density at radius 1 is 0.791 bits per heavy atom. The van der Waals surface area contributed by atoms with Crippen molar-refractivity contribution in [3.05, 3.63) is 83.0 Å². The van der Waals surface area contributed by atoms with Crippen LogP contribution in [0.15, 0.2) is 59.3 Å². The Labute approximate surface area is 254 Å². The number of carbonyl (C=O) groups is 2. The molecular weight excluding hydrogens is 538 g/mol. The molecule has 0 aliphatic rings. The molecule has 4 aromatic rings. The number of nitrogens with zero attached hydrogens (tertiary/aromatic N) is 3. The Morgan fingerprint density at radius 2 is 1.47 bits per heavy atom. The predicted octanol–water partition coefficient (Wildman–Crippen LogP) is 7.73. The summed E-state index contributed by atoms with van der Waals surface area (Å²) in [5.74, 6) is 0.602. The molecule has 0 aliphatic heterocycles. The van der Waals surface area contributed by atoms with E-state index in [0.717, 1.165) is 22.4 Å². The van der Waals surface area contributed by atoms with Gasteiger partial charge in [-0.1, -0.05) is 79.6 Å². The van der Waals surface area contributed by atoms with E-state index in [-0.39, 0.29) is 28.1 Å². The molecule has 0 atom stereocenters. The van der Waals surface area contributed by atoms with E-state index >= 15 is 0 Å². The molecule has 0 radical (unpaired) electrons. The Kier molecular flexibility index (Phi) is 8.63. The molecule has 2 amide bonds. The zero-order valence-electron chi connectivity index (χ0n) is 27.0. The van der Waals surface area contributed by atoms with Crippen molar-refractivity contribution in [2.75, 3.05) is 11.9 Å². The van der Waals surface area contributed by atoms with Gasteiger partial charge in [0.15, 0.2) is 0 Å². The molecule has 2 aromatic heterocycles. The van der Waals surface area contributed by atoms with Gasteiger partial charge in [-0.15, -0.1) is 0 Å². The van der Waals surface area contributed by atoms with Gasteiger partial charge in [0.25, 0.3) is 11.8 Å². The minimum atomic E-state index is -0.289. The summed E-state index contributed by atoms with van der Waals surface area (Å²) in [5, 5.41) is 10.2. The van der Waals surface area contributed by atoms with E-state index in [0.29, 0.717) is 40.6 Å². The lowest BCUT2D eigenvalue weighted by Gasteiger charge is -2.21. The number of nitrogens with one attached hydrogen (secondary N) is 2. The Morgan fingerprint density at radius 3 is 2.05 bits per heavy atom. The van der Waals surface area contributed by atoms with Crippen LogP contribution in [0.25, 0.3) is 22.5 Å². The Balaban J connectivity index is 1.60. The number of aryl methyl sites for hydroxylation is 1. The first kappa shape index (κ1) is 31.6. The van der Waals surface area contributed by atoms with Gasteiger partial charge < -0.3 is 15.2 Å². The summed E-state index contributed by atoms with van der Waals surface area (Å²) in [6.07, 6.45) is 1.65. The fraction of sp³-hybridized carbons (Fsp3) is 0.400. The van der Waals surface area contributed by atoms with Gasteiger partial charge >= 0.3 is 0 Å². The van der Waals surface area contributed by atoms with Gasteiger partial charge in [0.1, 0.15) is 0 Å². The van der Waals surface area contributed by atoms with E-state index in [2.05, 4.69) is 67.3 Å². The van der Waals surface area contributed by atoms with Crippen LogP contribution in [0.3, 0.4) is 0 Å². The van der Waals surface area contributed by atoms with Gasteiger partial charge in [-0.05, 0) is 65.3 Å². The van der Waals surface area contributed by atoms with Gasteiger partial charge in [0.05, 0.1) is 11.9 Å². The molecule has 226 valence electrons. The number of rotatable bonds is 6. The number of hydrogen-bond acceptors (Lipinski definition) is 6. The van der Waals surface area contributed by atoms with Gasteiger partial charge in [0.2, 0.25) is 11.7 Å². The molecule has 0 bridgehead atoms. The molecule has 8 nitrogen and oxygen atoms in total. The first-order chi connectivity index (χ1) is 19.9. The van der Waals surface area contributed by atoms with Crippen molar-refractivity contribution in [1.29, 1.82) is 0 Å².